The number of carboxylic acids is 1. The summed E-state index contributed by atoms with van der Waals surface area (Å²) < 4.78 is 6.07. The van der Waals surface area contributed by atoms with Crippen molar-refractivity contribution >= 4 is 5.97 Å². The van der Waals surface area contributed by atoms with Crippen LogP contribution < -0.4 is 4.74 Å². The Kier molecular flexibility index (Phi) is 14.9. The first-order chi connectivity index (χ1) is 16.7. The minimum Gasteiger partial charge on any atom is -0.493 e. The van der Waals surface area contributed by atoms with Crippen molar-refractivity contribution in [3.8, 4) is 16.9 Å². The molecule has 0 fully saturated rings. The minimum atomic E-state index is -0.903. The van der Waals surface area contributed by atoms with Gasteiger partial charge in [-0.25, -0.2) is 4.79 Å². The molecule has 2 aromatic rings. The van der Waals surface area contributed by atoms with Gasteiger partial charge in [0.15, 0.2) is 0 Å². The van der Waals surface area contributed by atoms with Crippen LogP contribution in [0.3, 0.4) is 0 Å². The number of ether oxygens (including phenoxy) is 1. The van der Waals surface area contributed by atoms with Crippen LogP contribution in [0.25, 0.3) is 11.1 Å². The Morgan fingerprint density at radius 3 is 1.62 bits per heavy atom. The molecular formula is C31H46O3. The topological polar surface area (TPSA) is 46.5 Å². The molecule has 0 radical (unpaired) electrons. The molecule has 0 atom stereocenters. The largest absolute Gasteiger partial charge is 0.493 e. The lowest BCUT2D eigenvalue weighted by molar-refractivity contribution is 0.0697. The highest BCUT2D eigenvalue weighted by Gasteiger charge is 2.08. The fourth-order valence-corrected chi connectivity index (χ4v) is 4.46. The van der Waals surface area contributed by atoms with Gasteiger partial charge in [0.05, 0.1) is 12.2 Å². The van der Waals surface area contributed by atoms with Crippen LogP contribution in [0.4, 0.5) is 0 Å². The highest BCUT2D eigenvalue weighted by Crippen LogP contribution is 2.30. The lowest BCUT2D eigenvalue weighted by atomic mass is 10.0. The molecule has 0 unspecified atom stereocenters. The molecule has 1 N–H and O–H groups in total. The molecule has 3 heteroatoms. The quantitative estimate of drug-likeness (QED) is 0.198. The zero-order valence-corrected chi connectivity index (χ0v) is 21.4. The van der Waals surface area contributed by atoms with Crippen LogP contribution >= 0.6 is 0 Å². The summed E-state index contributed by atoms with van der Waals surface area (Å²) in [4.78, 5) is 11.1. The summed E-state index contributed by atoms with van der Waals surface area (Å²) in [6.45, 7) is 3.01. The lowest BCUT2D eigenvalue weighted by Crippen LogP contribution is -1.99. The molecular weight excluding hydrogens is 420 g/mol. The van der Waals surface area contributed by atoms with Crippen molar-refractivity contribution in [1.29, 1.82) is 0 Å². The summed E-state index contributed by atoms with van der Waals surface area (Å²) in [5.74, 6) is -0.0360. The molecule has 188 valence electrons. The summed E-state index contributed by atoms with van der Waals surface area (Å²) >= 11 is 0. The lowest BCUT2D eigenvalue weighted by Gasteiger charge is -2.12. The molecule has 0 amide bonds. The molecule has 3 nitrogen and oxygen atoms in total. The van der Waals surface area contributed by atoms with Crippen molar-refractivity contribution in [1.82, 2.24) is 0 Å². The average molecular weight is 467 g/mol. The van der Waals surface area contributed by atoms with Gasteiger partial charge in [0.25, 0.3) is 0 Å². The van der Waals surface area contributed by atoms with E-state index in [1.807, 2.05) is 36.4 Å². The molecule has 0 saturated heterocycles. The van der Waals surface area contributed by atoms with Crippen LogP contribution in [0.1, 0.15) is 120 Å². The van der Waals surface area contributed by atoms with Crippen molar-refractivity contribution in [2.75, 3.05) is 6.61 Å². The number of aromatic carboxylic acids is 1. The van der Waals surface area contributed by atoms with Gasteiger partial charge in [-0.2, -0.15) is 0 Å². The van der Waals surface area contributed by atoms with E-state index < -0.39 is 5.97 Å². The molecule has 0 aliphatic rings. The first-order valence-corrected chi connectivity index (χ1v) is 13.8. The predicted molar refractivity (Wildman–Crippen MR) is 144 cm³/mol. The van der Waals surface area contributed by atoms with Gasteiger partial charge in [-0.1, -0.05) is 134 Å². The maximum atomic E-state index is 11.1. The van der Waals surface area contributed by atoms with E-state index in [9.17, 15) is 4.79 Å². The summed E-state index contributed by atoms with van der Waals surface area (Å²) in [6, 6.07) is 15.0. The molecule has 0 heterocycles. The van der Waals surface area contributed by atoms with Crippen molar-refractivity contribution in [3.05, 3.63) is 54.1 Å². The van der Waals surface area contributed by atoms with Crippen molar-refractivity contribution in [2.24, 2.45) is 0 Å². The number of unbranched alkanes of at least 4 members (excludes halogenated alkanes) is 15. The maximum absolute atomic E-state index is 11.1. The highest BCUT2D eigenvalue weighted by molar-refractivity contribution is 5.88. The Labute approximate surface area is 207 Å². The monoisotopic (exact) mass is 466 g/mol. The van der Waals surface area contributed by atoms with Crippen molar-refractivity contribution in [2.45, 2.75) is 110 Å². The number of para-hydroxylation sites is 1. The summed E-state index contributed by atoms with van der Waals surface area (Å²) in [5, 5.41) is 9.09. The van der Waals surface area contributed by atoms with Crippen LogP contribution in [-0.4, -0.2) is 17.7 Å². The van der Waals surface area contributed by atoms with E-state index in [2.05, 4.69) is 6.92 Å². The van der Waals surface area contributed by atoms with Gasteiger partial charge in [0, 0.05) is 5.56 Å². The Morgan fingerprint density at radius 1 is 0.647 bits per heavy atom. The average Bonchev–Trinajstić information content (AvgIpc) is 2.86. The number of benzene rings is 2. The molecule has 34 heavy (non-hydrogen) atoms. The number of carbonyl (C=O) groups is 1. The molecule has 0 bridgehead atoms. The molecule has 0 aliphatic carbocycles. The standard InChI is InChI=1S/C31H46O3/c1-2-3-4-5-6-7-8-9-10-11-12-13-14-15-16-19-26-34-30-21-18-17-20-29(30)27-22-24-28(25-23-27)31(32)33/h17-18,20-25H,2-16,19,26H2,1H3,(H,32,33). The second-order valence-corrected chi connectivity index (χ2v) is 9.53. The third kappa shape index (κ3) is 11.7. The van der Waals surface area contributed by atoms with Crippen LogP contribution in [0.2, 0.25) is 0 Å². The van der Waals surface area contributed by atoms with Crippen LogP contribution in [-0.2, 0) is 0 Å². The van der Waals surface area contributed by atoms with Crippen LogP contribution in [0.15, 0.2) is 48.5 Å². The normalized spacial score (nSPS) is 11.0. The smallest absolute Gasteiger partial charge is 0.335 e. The Morgan fingerprint density at radius 2 is 1.12 bits per heavy atom. The SMILES string of the molecule is CCCCCCCCCCCCCCCCCCOc1ccccc1-c1ccc(C(=O)O)cc1. The molecule has 0 aromatic heterocycles. The molecule has 2 rings (SSSR count). The van der Waals surface area contributed by atoms with Crippen LogP contribution in [0, 0.1) is 0 Å². The van der Waals surface area contributed by atoms with Gasteiger partial charge in [-0.3, -0.25) is 0 Å². The third-order valence-electron chi connectivity index (χ3n) is 6.59. The van der Waals surface area contributed by atoms with Gasteiger partial charge in [-0.15, -0.1) is 0 Å². The second kappa shape index (κ2) is 18.1. The number of rotatable bonds is 20. The highest BCUT2D eigenvalue weighted by atomic mass is 16.5. The van der Waals surface area contributed by atoms with E-state index >= 15 is 0 Å². The van der Waals surface area contributed by atoms with E-state index in [1.165, 1.54) is 96.3 Å². The van der Waals surface area contributed by atoms with E-state index in [0.29, 0.717) is 5.56 Å². The van der Waals surface area contributed by atoms with Gasteiger partial charge < -0.3 is 9.84 Å². The number of carboxylic acid groups (broad SMARTS) is 1. The molecule has 0 saturated carbocycles. The molecule has 2 aromatic carbocycles. The zero-order valence-electron chi connectivity index (χ0n) is 21.4. The maximum Gasteiger partial charge on any atom is 0.335 e. The van der Waals surface area contributed by atoms with E-state index in [0.717, 1.165) is 29.9 Å². The van der Waals surface area contributed by atoms with E-state index in [1.54, 1.807) is 12.1 Å². The van der Waals surface area contributed by atoms with Gasteiger partial charge in [0.2, 0.25) is 0 Å². The summed E-state index contributed by atoms with van der Waals surface area (Å²) in [5.41, 5.74) is 2.29. The van der Waals surface area contributed by atoms with Crippen molar-refractivity contribution < 1.29 is 14.6 Å². The first-order valence-electron chi connectivity index (χ1n) is 13.8. The first kappa shape index (κ1) is 28.0. The zero-order chi connectivity index (χ0) is 24.3. The fraction of sp³-hybridized carbons (Fsp3) is 0.581. The number of hydrogen-bond donors (Lipinski definition) is 1. The molecule has 0 spiro atoms. The summed E-state index contributed by atoms with van der Waals surface area (Å²) in [6.07, 6.45) is 21.9. The minimum absolute atomic E-state index is 0.301. The second-order valence-electron chi connectivity index (χ2n) is 9.53. The molecule has 0 aliphatic heterocycles. The van der Waals surface area contributed by atoms with Crippen molar-refractivity contribution in [3.63, 3.8) is 0 Å². The number of hydrogen-bond acceptors (Lipinski definition) is 2. The summed E-state index contributed by atoms with van der Waals surface area (Å²) in [7, 11) is 0. The van der Waals surface area contributed by atoms with Gasteiger partial charge >= 0.3 is 5.97 Å². The van der Waals surface area contributed by atoms with Gasteiger partial charge in [0.1, 0.15) is 5.75 Å². The van der Waals surface area contributed by atoms with E-state index in [4.69, 9.17) is 9.84 Å². The Balaban J connectivity index is 1.48. The van der Waals surface area contributed by atoms with Gasteiger partial charge in [-0.05, 0) is 30.2 Å². The van der Waals surface area contributed by atoms with E-state index in [-0.39, 0.29) is 0 Å². The Hall–Kier alpha value is -2.29. The predicted octanol–water partition coefficient (Wildman–Crippen LogP) is 9.69. The fourth-order valence-electron chi connectivity index (χ4n) is 4.46. The third-order valence-corrected chi connectivity index (χ3v) is 6.59. The van der Waals surface area contributed by atoms with Crippen LogP contribution in [0.5, 0.6) is 5.75 Å². The Bertz CT molecular complexity index is 782.